The van der Waals surface area contributed by atoms with E-state index in [1.807, 2.05) is 28.7 Å². The van der Waals surface area contributed by atoms with Crippen LogP contribution in [0.5, 0.6) is 11.6 Å². The molecule has 1 heterocycles. The van der Waals surface area contributed by atoms with Gasteiger partial charge in [0.05, 0.1) is 20.9 Å². The van der Waals surface area contributed by atoms with Gasteiger partial charge in [-0.1, -0.05) is 11.6 Å². The molecule has 0 unspecified atom stereocenters. The highest BCUT2D eigenvalue weighted by Crippen LogP contribution is 2.36. The lowest BCUT2D eigenvalue weighted by Gasteiger charge is -2.11. The first kappa shape index (κ1) is 14.4. The Kier molecular flexibility index (Phi) is 4.50. The third kappa shape index (κ3) is 3.29. The van der Waals surface area contributed by atoms with E-state index < -0.39 is 0 Å². The van der Waals surface area contributed by atoms with E-state index in [-0.39, 0.29) is 5.88 Å². The maximum absolute atomic E-state index is 8.85. The molecule has 96 valence electrons. The van der Waals surface area contributed by atoms with Gasteiger partial charge in [-0.2, -0.15) is 5.26 Å². The first-order valence-corrected chi connectivity index (χ1v) is 7.24. The minimum atomic E-state index is 0.263. The van der Waals surface area contributed by atoms with Crippen LogP contribution in [0.15, 0.2) is 28.9 Å². The van der Waals surface area contributed by atoms with Gasteiger partial charge in [0.25, 0.3) is 0 Å². The predicted octanol–water partition coefficient (Wildman–Crippen LogP) is 4.35. The Balaban J connectivity index is 2.41. The SMILES string of the molecule is N#Cc1cc(N)c(Oc2ncc(Br)cc2Cl)c(I)c1. The van der Waals surface area contributed by atoms with Gasteiger partial charge in [-0.15, -0.1) is 0 Å². The second kappa shape index (κ2) is 5.94. The normalized spacial score (nSPS) is 10.0. The number of nitrogens with two attached hydrogens (primary N) is 1. The Morgan fingerprint density at radius 2 is 2.16 bits per heavy atom. The molecule has 0 aliphatic rings. The van der Waals surface area contributed by atoms with E-state index >= 15 is 0 Å². The van der Waals surface area contributed by atoms with Crippen molar-refractivity contribution in [3.8, 4) is 17.7 Å². The quantitative estimate of drug-likeness (QED) is 0.546. The lowest BCUT2D eigenvalue weighted by Crippen LogP contribution is -1.97. The van der Waals surface area contributed by atoms with Crippen LogP contribution in [-0.2, 0) is 0 Å². The Bertz CT molecular complexity index is 664. The number of hydrogen-bond donors (Lipinski definition) is 1. The van der Waals surface area contributed by atoms with E-state index in [4.69, 9.17) is 27.3 Å². The van der Waals surface area contributed by atoms with Crippen LogP contribution in [0, 0.1) is 14.9 Å². The molecule has 0 radical (unpaired) electrons. The minimum absolute atomic E-state index is 0.263. The highest BCUT2D eigenvalue weighted by atomic mass is 127. The largest absolute Gasteiger partial charge is 0.434 e. The van der Waals surface area contributed by atoms with Crippen molar-refractivity contribution < 1.29 is 4.74 Å². The number of nitriles is 1. The van der Waals surface area contributed by atoms with Crippen molar-refractivity contribution in [3.63, 3.8) is 0 Å². The molecule has 0 aliphatic heterocycles. The van der Waals surface area contributed by atoms with Crippen molar-refractivity contribution in [3.05, 3.63) is 43.0 Å². The second-order valence-corrected chi connectivity index (χ2v) is 6.02. The molecule has 4 nitrogen and oxygen atoms in total. The van der Waals surface area contributed by atoms with Gasteiger partial charge in [0.2, 0.25) is 5.88 Å². The molecule has 0 bridgehead atoms. The Labute approximate surface area is 136 Å². The molecule has 0 saturated heterocycles. The first-order chi connectivity index (χ1) is 9.01. The molecule has 2 N–H and O–H groups in total. The number of aromatic nitrogens is 1. The van der Waals surface area contributed by atoms with Gasteiger partial charge >= 0.3 is 0 Å². The van der Waals surface area contributed by atoms with E-state index in [1.54, 1.807) is 24.4 Å². The molecule has 0 saturated carbocycles. The summed E-state index contributed by atoms with van der Waals surface area (Å²) in [6.07, 6.45) is 1.58. The van der Waals surface area contributed by atoms with Gasteiger partial charge in [0.15, 0.2) is 5.75 Å². The summed E-state index contributed by atoms with van der Waals surface area (Å²) in [6.45, 7) is 0. The molecule has 0 fully saturated rings. The van der Waals surface area contributed by atoms with Crippen molar-refractivity contribution in [2.75, 3.05) is 5.73 Å². The molecule has 1 aromatic carbocycles. The number of pyridine rings is 1. The topological polar surface area (TPSA) is 71.9 Å². The summed E-state index contributed by atoms with van der Waals surface area (Å²) >= 11 is 11.3. The van der Waals surface area contributed by atoms with Gasteiger partial charge in [-0.25, -0.2) is 4.98 Å². The Morgan fingerprint density at radius 1 is 1.42 bits per heavy atom. The summed E-state index contributed by atoms with van der Waals surface area (Å²) < 4.78 is 7.09. The summed E-state index contributed by atoms with van der Waals surface area (Å²) in [5.74, 6) is 0.704. The number of nitrogen functional groups attached to an aromatic ring is 1. The van der Waals surface area contributed by atoms with Crippen LogP contribution in [0.2, 0.25) is 5.02 Å². The Morgan fingerprint density at radius 3 is 2.74 bits per heavy atom. The van der Waals surface area contributed by atoms with Crippen LogP contribution >= 0.6 is 50.1 Å². The van der Waals surface area contributed by atoms with Crippen molar-refractivity contribution in [1.82, 2.24) is 4.98 Å². The third-order valence-corrected chi connectivity index (χ3v) is 3.68. The van der Waals surface area contributed by atoms with Gasteiger partial charge in [-0.05, 0) is 56.7 Å². The smallest absolute Gasteiger partial charge is 0.238 e. The van der Waals surface area contributed by atoms with Crippen LogP contribution in [0.4, 0.5) is 5.69 Å². The molecule has 2 aromatic rings. The number of halogens is 3. The van der Waals surface area contributed by atoms with Crippen molar-refractivity contribution in [2.24, 2.45) is 0 Å². The fraction of sp³-hybridized carbons (Fsp3) is 0. The lowest BCUT2D eigenvalue weighted by atomic mass is 10.2. The summed E-state index contributed by atoms with van der Waals surface area (Å²) in [5, 5.41) is 9.22. The lowest BCUT2D eigenvalue weighted by molar-refractivity contribution is 0.462. The average Bonchev–Trinajstić information content (AvgIpc) is 2.35. The van der Waals surface area contributed by atoms with Gasteiger partial charge in [-0.3, -0.25) is 0 Å². The van der Waals surface area contributed by atoms with Crippen LogP contribution in [-0.4, -0.2) is 4.98 Å². The molecule has 0 aliphatic carbocycles. The number of hydrogen-bond acceptors (Lipinski definition) is 4. The summed E-state index contributed by atoms with van der Waals surface area (Å²) in [6, 6.07) is 6.93. The highest BCUT2D eigenvalue weighted by molar-refractivity contribution is 14.1. The van der Waals surface area contributed by atoms with Crippen molar-refractivity contribution in [1.29, 1.82) is 5.26 Å². The second-order valence-electron chi connectivity index (χ2n) is 3.53. The van der Waals surface area contributed by atoms with Crippen LogP contribution in [0.3, 0.4) is 0 Å². The first-order valence-electron chi connectivity index (χ1n) is 4.99. The number of ether oxygens (including phenoxy) is 1. The third-order valence-electron chi connectivity index (χ3n) is 2.17. The van der Waals surface area contributed by atoms with Gasteiger partial charge < -0.3 is 10.5 Å². The number of anilines is 1. The van der Waals surface area contributed by atoms with Crippen molar-refractivity contribution >= 4 is 55.8 Å². The van der Waals surface area contributed by atoms with Crippen molar-refractivity contribution in [2.45, 2.75) is 0 Å². The summed E-state index contributed by atoms with van der Waals surface area (Å²) in [7, 11) is 0. The van der Waals surface area contributed by atoms with Crippen LogP contribution < -0.4 is 10.5 Å². The van der Waals surface area contributed by atoms with E-state index in [2.05, 4.69) is 20.9 Å². The fourth-order valence-electron chi connectivity index (χ4n) is 1.36. The molecule has 0 spiro atoms. The van der Waals surface area contributed by atoms with Crippen LogP contribution in [0.1, 0.15) is 5.56 Å². The molecular formula is C12H6BrClIN3O. The molecule has 2 rings (SSSR count). The summed E-state index contributed by atoms with van der Waals surface area (Å²) in [5.41, 5.74) is 6.71. The maximum Gasteiger partial charge on any atom is 0.238 e. The molecule has 7 heteroatoms. The highest BCUT2D eigenvalue weighted by Gasteiger charge is 2.12. The van der Waals surface area contributed by atoms with E-state index in [1.165, 1.54) is 0 Å². The molecule has 0 atom stereocenters. The average molecular weight is 450 g/mol. The van der Waals surface area contributed by atoms with Gasteiger partial charge in [0.1, 0.15) is 5.02 Å². The number of nitrogens with zero attached hydrogens (tertiary/aromatic N) is 2. The number of benzene rings is 1. The fourth-order valence-corrected chi connectivity index (χ4v) is 2.79. The minimum Gasteiger partial charge on any atom is -0.434 e. The number of rotatable bonds is 2. The monoisotopic (exact) mass is 449 g/mol. The van der Waals surface area contributed by atoms with Gasteiger partial charge in [0, 0.05) is 10.7 Å². The zero-order chi connectivity index (χ0) is 14.0. The Hall–Kier alpha value is -1.04. The molecule has 0 amide bonds. The molecular weight excluding hydrogens is 444 g/mol. The van der Waals surface area contributed by atoms with E-state index in [0.717, 1.165) is 8.04 Å². The molecule has 19 heavy (non-hydrogen) atoms. The van der Waals surface area contributed by atoms with E-state index in [0.29, 0.717) is 22.0 Å². The predicted molar refractivity (Wildman–Crippen MR) is 85.3 cm³/mol. The zero-order valence-corrected chi connectivity index (χ0v) is 13.8. The summed E-state index contributed by atoms with van der Waals surface area (Å²) in [4.78, 5) is 4.07. The molecule has 1 aromatic heterocycles. The zero-order valence-electron chi connectivity index (χ0n) is 9.32. The van der Waals surface area contributed by atoms with E-state index in [9.17, 15) is 0 Å². The maximum atomic E-state index is 8.85. The standard InChI is InChI=1S/C12H6BrClIN3O/c13-7-3-8(14)12(18-5-7)19-11-9(15)1-6(4-16)2-10(11)17/h1-3,5H,17H2. The van der Waals surface area contributed by atoms with Crippen LogP contribution in [0.25, 0.3) is 0 Å².